The first-order valence-electron chi connectivity index (χ1n) is 10.3. The van der Waals surface area contributed by atoms with Crippen molar-refractivity contribution in [2.45, 2.75) is 56.4 Å². The van der Waals surface area contributed by atoms with E-state index in [2.05, 4.69) is 5.32 Å². The van der Waals surface area contributed by atoms with Gasteiger partial charge in [0.2, 0.25) is 5.44 Å². The molecule has 2 aromatic rings. The quantitative estimate of drug-likeness (QED) is 0.524. The summed E-state index contributed by atoms with van der Waals surface area (Å²) in [5, 5.41) is 3.63. The zero-order valence-electron chi connectivity index (χ0n) is 16.2. The molecule has 4 rings (SSSR count). The predicted molar refractivity (Wildman–Crippen MR) is 116 cm³/mol. The summed E-state index contributed by atoms with van der Waals surface area (Å²) < 4.78 is 30.0. The second-order valence-corrected chi connectivity index (χ2v) is 9.65. The summed E-state index contributed by atoms with van der Waals surface area (Å²) in [6.45, 7) is 0.882. The van der Waals surface area contributed by atoms with Crippen LogP contribution in [0, 0.1) is 0 Å². The normalized spacial score (nSPS) is 22.9. The first-order chi connectivity index (χ1) is 13.7. The van der Waals surface area contributed by atoms with Crippen molar-refractivity contribution in [1.82, 2.24) is 5.32 Å². The molecule has 0 saturated heterocycles. The van der Waals surface area contributed by atoms with Gasteiger partial charge in [-0.05, 0) is 50.1 Å². The van der Waals surface area contributed by atoms with E-state index in [9.17, 15) is 9.11 Å². The number of nitrogens with one attached hydrogen (secondary N) is 1. The molecule has 1 aliphatic carbocycles. The summed E-state index contributed by atoms with van der Waals surface area (Å²) in [5.41, 5.74) is 0.824. The Morgan fingerprint density at radius 2 is 1.68 bits per heavy atom. The van der Waals surface area contributed by atoms with Gasteiger partial charge in [0.05, 0.1) is 5.69 Å². The molecule has 5 nitrogen and oxygen atoms in total. The Balaban J connectivity index is 1.47. The van der Waals surface area contributed by atoms with Crippen LogP contribution in [0.2, 0.25) is 0 Å². The second-order valence-electron chi connectivity index (χ2n) is 7.64. The van der Waals surface area contributed by atoms with Gasteiger partial charge in [0.1, 0.15) is 11.4 Å². The van der Waals surface area contributed by atoms with Gasteiger partial charge in [-0.3, -0.25) is 9.11 Å². The lowest BCUT2D eigenvalue weighted by Gasteiger charge is -2.51. The zero-order valence-corrected chi connectivity index (χ0v) is 17.0. The Morgan fingerprint density at radius 1 is 0.964 bits per heavy atom. The van der Waals surface area contributed by atoms with Gasteiger partial charge in [0, 0.05) is 12.5 Å². The molecule has 0 bridgehead atoms. The molecule has 0 spiro atoms. The maximum atomic E-state index is 11.2. The molecule has 152 valence electrons. The van der Waals surface area contributed by atoms with E-state index in [-0.39, 0.29) is 0 Å². The van der Waals surface area contributed by atoms with Crippen molar-refractivity contribution in [2.24, 2.45) is 0 Å². The van der Waals surface area contributed by atoms with Crippen molar-refractivity contribution in [3.8, 4) is 5.75 Å². The molecule has 28 heavy (non-hydrogen) atoms. The Labute approximate surface area is 169 Å². The molecule has 1 atom stereocenters. The number of nitrogens with zero attached hydrogens (tertiary/aromatic N) is 1. The Kier molecular flexibility index (Phi) is 6.11. The second kappa shape index (κ2) is 8.74. The molecule has 0 aromatic heterocycles. The van der Waals surface area contributed by atoms with Crippen molar-refractivity contribution < 1.29 is 13.8 Å². The molecule has 3 N–H and O–H groups in total. The summed E-state index contributed by atoms with van der Waals surface area (Å²) in [4.78, 5) is 0. The van der Waals surface area contributed by atoms with Gasteiger partial charge < -0.3 is 10.1 Å². The van der Waals surface area contributed by atoms with Gasteiger partial charge in [0.25, 0.3) is 0 Å². The standard InChI is InChI=1S/C22H30N2O3S/c25-28(26)22(16-9-17-23-18-10-3-1-4-11-18)27-21-15-8-7-14-20(21)24(28)19-12-5-2-6-13-19/h2,5-8,12-15,18,22-23,25-26H,1,3-4,9-11,16-17H2. The van der Waals surface area contributed by atoms with Crippen LogP contribution in [0.3, 0.4) is 0 Å². The minimum Gasteiger partial charge on any atom is -0.467 e. The van der Waals surface area contributed by atoms with Gasteiger partial charge in [-0.1, -0.05) is 60.4 Å². The summed E-state index contributed by atoms with van der Waals surface area (Å²) in [5.74, 6) is 0.697. The summed E-state index contributed by atoms with van der Waals surface area (Å²) >= 11 is 0. The average molecular weight is 403 g/mol. The minimum absolute atomic E-state index is 0.597. The molecule has 2 aromatic carbocycles. The molecule has 0 radical (unpaired) electrons. The van der Waals surface area contributed by atoms with Gasteiger partial charge in [-0.25, -0.2) is 4.31 Å². The Hall–Kier alpha value is -1.73. The van der Waals surface area contributed by atoms with E-state index in [0.717, 1.165) is 18.7 Å². The maximum absolute atomic E-state index is 11.2. The van der Waals surface area contributed by atoms with Gasteiger partial charge in [-0.15, -0.1) is 0 Å². The number of anilines is 2. The third kappa shape index (κ3) is 4.15. The number of benzene rings is 2. The van der Waals surface area contributed by atoms with E-state index < -0.39 is 16.2 Å². The van der Waals surface area contributed by atoms with E-state index >= 15 is 0 Å². The topological polar surface area (TPSA) is 65.0 Å². The van der Waals surface area contributed by atoms with Crippen LogP contribution in [0.15, 0.2) is 54.6 Å². The summed E-state index contributed by atoms with van der Waals surface area (Å²) in [6.07, 6.45) is 7.93. The molecule has 1 aliphatic heterocycles. The highest BCUT2D eigenvalue weighted by Gasteiger charge is 2.40. The van der Waals surface area contributed by atoms with E-state index in [0.29, 0.717) is 23.9 Å². The van der Waals surface area contributed by atoms with E-state index in [1.807, 2.05) is 54.6 Å². The van der Waals surface area contributed by atoms with Crippen LogP contribution in [0.4, 0.5) is 11.4 Å². The molecule has 1 saturated carbocycles. The van der Waals surface area contributed by atoms with Crippen molar-refractivity contribution in [3.05, 3.63) is 54.6 Å². The van der Waals surface area contributed by atoms with Crippen LogP contribution in [0.25, 0.3) is 0 Å². The van der Waals surface area contributed by atoms with Crippen LogP contribution in [-0.4, -0.2) is 27.1 Å². The molecular formula is C22H30N2O3S. The number of hydrogen-bond donors (Lipinski definition) is 3. The SMILES string of the molecule is OS1(O)C(CCCNC2CCCCC2)Oc2ccccc2N1c1ccccc1. The van der Waals surface area contributed by atoms with Gasteiger partial charge in [0.15, 0.2) is 0 Å². The zero-order chi connectivity index (χ0) is 19.4. The minimum atomic E-state index is -3.15. The highest BCUT2D eigenvalue weighted by molar-refractivity contribution is 8.26. The molecule has 2 aliphatic rings. The van der Waals surface area contributed by atoms with Crippen LogP contribution in [-0.2, 0) is 0 Å². The number of ether oxygens (including phenoxy) is 1. The Morgan fingerprint density at radius 3 is 2.46 bits per heavy atom. The fraction of sp³-hybridized carbons (Fsp3) is 0.455. The molecular weight excluding hydrogens is 372 g/mol. The third-order valence-corrected chi connectivity index (χ3v) is 7.59. The lowest BCUT2D eigenvalue weighted by Crippen LogP contribution is -2.40. The monoisotopic (exact) mass is 402 g/mol. The number of fused-ring (bicyclic) bond motifs is 1. The number of hydrogen-bond acceptors (Lipinski definition) is 5. The fourth-order valence-electron chi connectivity index (χ4n) is 4.15. The van der Waals surface area contributed by atoms with Gasteiger partial charge in [-0.2, -0.15) is 0 Å². The van der Waals surface area contributed by atoms with Crippen LogP contribution in [0.5, 0.6) is 5.75 Å². The first kappa shape index (κ1) is 19.6. The van der Waals surface area contributed by atoms with Gasteiger partial charge >= 0.3 is 0 Å². The highest BCUT2D eigenvalue weighted by Crippen LogP contribution is 2.61. The summed E-state index contributed by atoms with van der Waals surface area (Å²) in [6, 6.07) is 17.7. The van der Waals surface area contributed by atoms with Crippen molar-refractivity contribution >= 4 is 22.2 Å². The van der Waals surface area contributed by atoms with Crippen molar-refractivity contribution in [1.29, 1.82) is 0 Å². The number of rotatable bonds is 6. The first-order valence-corrected chi connectivity index (χ1v) is 11.8. The summed E-state index contributed by atoms with van der Waals surface area (Å²) in [7, 11) is -3.15. The molecule has 1 heterocycles. The predicted octanol–water partition coefficient (Wildman–Crippen LogP) is 5.91. The van der Waals surface area contributed by atoms with Crippen LogP contribution in [0.1, 0.15) is 44.9 Å². The van der Waals surface area contributed by atoms with E-state index in [1.165, 1.54) is 32.1 Å². The third-order valence-electron chi connectivity index (χ3n) is 5.61. The van der Waals surface area contributed by atoms with Crippen LogP contribution < -0.4 is 14.4 Å². The molecule has 6 heteroatoms. The van der Waals surface area contributed by atoms with E-state index in [4.69, 9.17) is 4.74 Å². The number of para-hydroxylation sites is 3. The Bertz CT molecular complexity index is 765. The molecule has 1 unspecified atom stereocenters. The average Bonchev–Trinajstić information content (AvgIpc) is 2.72. The molecule has 0 amide bonds. The van der Waals surface area contributed by atoms with Crippen molar-refractivity contribution in [2.75, 3.05) is 10.8 Å². The molecule has 1 fully saturated rings. The maximum Gasteiger partial charge on any atom is 0.206 e. The fourth-order valence-corrected chi connectivity index (χ4v) is 5.97. The smallest absolute Gasteiger partial charge is 0.206 e. The highest BCUT2D eigenvalue weighted by atomic mass is 32.3. The lowest BCUT2D eigenvalue weighted by atomic mass is 9.95. The lowest BCUT2D eigenvalue weighted by molar-refractivity contribution is 0.233. The largest absolute Gasteiger partial charge is 0.467 e. The van der Waals surface area contributed by atoms with Crippen molar-refractivity contribution in [3.63, 3.8) is 0 Å². The van der Waals surface area contributed by atoms with Crippen LogP contribution >= 0.6 is 10.8 Å². The van der Waals surface area contributed by atoms with E-state index in [1.54, 1.807) is 4.31 Å².